The zero-order valence-corrected chi connectivity index (χ0v) is 12.6. The zero-order chi connectivity index (χ0) is 13.9. The molecule has 0 atom stereocenters. The van der Waals surface area contributed by atoms with Crippen LogP contribution < -0.4 is 5.32 Å². The molecule has 0 amide bonds. The molecule has 1 aromatic heterocycles. The number of nitrogens with zero attached hydrogens (tertiary/aromatic N) is 1. The summed E-state index contributed by atoms with van der Waals surface area (Å²) in [4.78, 5) is 4.61. The Morgan fingerprint density at radius 3 is 2.55 bits per heavy atom. The predicted molar refractivity (Wildman–Crippen MR) is 87.5 cm³/mol. The molecule has 2 aromatic carbocycles. The Hall–Kier alpha value is -1.87. The van der Waals surface area contributed by atoms with Crippen molar-refractivity contribution >= 4 is 26.7 Å². The van der Waals surface area contributed by atoms with Crippen molar-refractivity contribution in [2.75, 3.05) is 5.32 Å². The molecule has 0 aliphatic heterocycles. The monoisotopic (exact) mass is 282 g/mol. The number of anilines is 1. The summed E-state index contributed by atoms with van der Waals surface area (Å²) >= 11 is 1.72. The van der Waals surface area contributed by atoms with Gasteiger partial charge in [-0.1, -0.05) is 48.6 Å². The van der Waals surface area contributed by atoms with Crippen LogP contribution in [0.1, 0.15) is 23.6 Å². The van der Waals surface area contributed by atoms with Gasteiger partial charge in [0.15, 0.2) is 5.13 Å². The molecule has 3 heteroatoms. The van der Waals surface area contributed by atoms with Gasteiger partial charge in [-0.15, -0.1) is 0 Å². The van der Waals surface area contributed by atoms with Crippen LogP contribution in [0.3, 0.4) is 0 Å². The number of nitrogens with one attached hydrogen (secondary N) is 1. The van der Waals surface area contributed by atoms with Crippen molar-refractivity contribution in [1.82, 2.24) is 4.98 Å². The van der Waals surface area contributed by atoms with Gasteiger partial charge in [-0.3, -0.25) is 0 Å². The van der Waals surface area contributed by atoms with Crippen molar-refractivity contribution in [2.45, 2.75) is 26.8 Å². The maximum atomic E-state index is 4.61. The van der Waals surface area contributed by atoms with Crippen LogP contribution >= 0.6 is 11.3 Å². The molecule has 0 unspecified atom stereocenters. The fraction of sp³-hybridized carbons (Fsp3) is 0.235. The van der Waals surface area contributed by atoms with Crippen LogP contribution in [-0.2, 0) is 13.0 Å². The summed E-state index contributed by atoms with van der Waals surface area (Å²) in [5.74, 6) is 0. The third-order valence-electron chi connectivity index (χ3n) is 3.42. The molecular weight excluding hydrogens is 264 g/mol. The van der Waals surface area contributed by atoms with Gasteiger partial charge in [0.05, 0.1) is 10.2 Å². The number of thiazole rings is 1. The molecule has 0 bridgehead atoms. The van der Waals surface area contributed by atoms with Crippen LogP contribution in [0, 0.1) is 6.92 Å². The number of hydrogen-bond donors (Lipinski definition) is 1. The first-order chi connectivity index (χ1) is 9.74. The molecule has 0 radical (unpaired) electrons. The molecule has 2 nitrogen and oxygen atoms in total. The highest BCUT2D eigenvalue weighted by Crippen LogP contribution is 2.26. The summed E-state index contributed by atoms with van der Waals surface area (Å²) in [6.45, 7) is 5.11. The van der Waals surface area contributed by atoms with E-state index in [2.05, 4.69) is 66.6 Å². The van der Waals surface area contributed by atoms with Gasteiger partial charge >= 0.3 is 0 Å². The molecule has 0 aliphatic carbocycles. The van der Waals surface area contributed by atoms with Crippen molar-refractivity contribution in [3.05, 3.63) is 59.2 Å². The SMILES string of the molecule is CCc1ccc(CNc2nc3ccc(C)cc3s2)cc1. The summed E-state index contributed by atoms with van der Waals surface area (Å²) < 4.78 is 1.24. The molecule has 0 fully saturated rings. The Kier molecular flexibility index (Phi) is 3.70. The largest absolute Gasteiger partial charge is 0.357 e. The first-order valence-electron chi connectivity index (χ1n) is 6.93. The maximum Gasteiger partial charge on any atom is 0.184 e. The minimum Gasteiger partial charge on any atom is -0.357 e. The van der Waals surface area contributed by atoms with E-state index >= 15 is 0 Å². The van der Waals surface area contributed by atoms with Crippen LogP contribution in [0.4, 0.5) is 5.13 Å². The van der Waals surface area contributed by atoms with Gasteiger partial charge in [-0.25, -0.2) is 4.98 Å². The van der Waals surface area contributed by atoms with Gasteiger partial charge in [-0.2, -0.15) is 0 Å². The molecule has 0 saturated carbocycles. The molecule has 0 aliphatic rings. The second kappa shape index (κ2) is 5.63. The van der Waals surface area contributed by atoms with E-state index in [1.165, 1.54) is 21.4 Å². The average molecular weight is 282 g/mol. The van der Waals surface area contributed by atoms with Crippen LogP contribution in [-0.4, -0.2) is 4.98 Å². The minimum absolute atomic E-state index is 0.822. The predicted octanol–water partition coefficient (Wildman–Crippen LogP) is 4.78. The maximum absolute atomic E-state index is 4.61. The zero-order valence-electron chi connectivity index (χ0n) is 11.8. The highest BCUT2D eigenvalue weighted by molar-refractivity contribution is 7.22. The van der Waals surface area contributed by atoms with Gasteiger partial charge in [0.1, 0.15) is 0 Å². The fourth-order valence-corrected chi connectivity index (χ4v) is 3.14. The van der Waals surface area contributed by atoms with E-state index in [1.54, 1.807) is 11.3 Å². The van der Waals surface area contributed by atoms with Crippen molar-refractivity contribution in [3.63, 3.8) is 0 Å². The highest BCUT2D eigenvalue weighted by Gasteiger charge is 2.03. The minimum atomic E-state index is 0.822. The number of aromatic nitrogens is 1. The second-order valence-electron chi connectivity index (χ2n) is 5.01. The summed E-state index contributed by atoms with van der Waals surface area (Å²) in [6, 6.07) is 15.1. The first-order valence-corrected chi connectivity index (χ1v) is 7.75. The molecular formula is C17H18N2S. The van der Waals surface area contributed by atoms with Gasteiger partial charge < -0.3 is 5.32 Å². The van der Waals surface area contributed by atoms with E-state index in [9.17, 15) is 0 Å². The molecule has 3 aromatic rings. The molecule has 102 valence electrons. The molecule has 20 heavy (non-hydrogen) atoms. The Morgan fingerprint density at radius 1 is 1.05 bits per heavy atom. The van der Waals surface area contributed by atoms with Crippen LogP contribution in [0.2, 0.25) is 0 Å². The topological polar surface area (TPSA) is 24.9 Å². The van der Waals surface area contributed by atoms with Crippen LogP contribution in [0.5, 0.6) is 0 Å². The molecule has 0 spiro atoms. The van der Waals surface area contributed by atoms with Gasteiger partial charge in [0.2, 0.25) is 0 Å². The summed E-state index contributed by atoms with van der Waals surface area (Å²) in [7, 11) is 0. The third-order valence-corrected chi connectivity index (χ3v) is 4.39. The molecule has 3 rings (SSSR count). The molecule has 0 saturated heterocycles. The average Bonchev–Trinajstić information content (AvgIpc) is 2.87. The lowest BCUT2D eigenvalue weighted by Gasteiger charge is -2.03. The van der Waals surface area contributed by atoms with Gasteiger partial charge in [-0.05, 0) is 42.2 Å². The van der Waals surface area contributed by atoms with Gasteiger partial charge in [0, 0.05) is 6.54 Å². The summed E-state index contributed by atoms with van der Waals surface area (Å²) in [5.41, 5.74) is 5.02. The van der Waals surface area contributed by atoms with Crippen molar-refractivity contribution in [3.8, 4) is 0 Å². The normalized spacial score (nSPS) is 10.9. The molecule has 1 N–H and O–H groups in total. The van der Waals surface area contributed by atoms with E-state index in [-0.39, 0.29) is 0 Å². The summed E-state index contributed by atoms with van der Waals surface area (Å²) in [6.07, 6.45) is 1.09. The number of benzene rings is 2. The quantitative estimate of drug-likeness (QED) is 0.745. The number of hydrogen-bond acceptors (Lipinski definition) is 3. The van der Waals surface area contributed by atoms with Crippen molar-refractivity contribution < 1.29 is 0 Å². The Balaban J connectivity index is 1.72. The molecule has 1 heterocycles. The Bertz CT molecular complexity index is 713. The second-order valence-corrected chi connectivity index (χ2v) is 6.04. The lowest BCUT2D eigenvalue weighted by molar-refractivity contribution is 1.10. The van der Waals surface area contributed by atoms with E-state index in [1.807, 2.05) is 0 Å². The van der Waals surface area contributed by atoms with Crippen molar-refractivity contribution in [2.24, 2.45) is 0 Å². The van der Waals surface area contributed by atoms with E-state index in [0.717, 1.165) is 23.6 Å². The Labute approximate surface area is 123 Å². The summed E-state index contributed by atoms with van der Waals surface area (Å²) in [5, 5.41) is 4.41. The third kappa shape index (κ3) is 2.83. The van der Waals surface area contributed by atoms with Crippen LogP contribution in [0.25, 0.3) is 10.2 Å². The van der Waals surface area contributed by atoms with E-state index in [0.29, 0.717) is 0 Å². The lowest BCUT2D eigenvalue weighted by Crippen LogP contribution is -1.98. The Morgan fingerprint density at radius 2 is 1.80 bits per heavy atom. The standard InChI is InChI=1S/C17H18N2S/c1-3-13-5-7-14(8-6-13)11-18-17-19-15-9-4-12(2)10-16(15)20-17/h4-10H,3,11H2,1-2H3,(H,18,19). The van der Waals surface area contributed by atoms with Gasteiger partial charge in [0.25, 0.3) is 0 Å². The first kappa shape index (κ1) is 13.1. The number of aryl methyl sites for hydroxylation is 2. The van der Waals surface area contributed by atoms with Crippen molar-refractivity contribution in [1.29, 1.82) is 0 Å². The number of fused-ring (bicyclic) bond motifs is 1. The smallest absolute Gasteiger partial charge is 0.184 e. The highest BCUT2D eigenvalue weighted by atomic mass is 32.1. The van der Waals surface area contributed by atoms with E-state index in [4.69, 9.17) is 0 Å². The van der Waals surface area contributed by atoms with Crippen LogP contribution in [0.15, 0.2) is 42.5 Å². The van der Waals surface area contributed by atoms with E-state index < -0.39 is 0 Å². The lowest BCUT2D eigenvalue weighted by atomic mass is 10.1. The fourth-order valence-electron chi connectivity index (χ4n) is 2.18. The number of rotatable bonds is 4.